The molecule has 0 aliphatic rings. The van der Waals surface area contributed by atoms with Crippen LogP contribution in [-0.2, 0) is 5.60 Å². The topological polar surface area (TPSA) is 68.0 Å². The van der Waals surface area contributed by atoms with E-state index in [2.05, 4.69) is 10.1 Å². The van der Waals surface area contributed by atoms with E-state index in [-0.39, 0.29) is 17.2 Å². The van der Waals surface area contributed by atoms with Crippen molar-refractivity contribution in [3.05, 3.63) is 51.7 Å². The summed E-state index contributed by atoms with van der Waals surface area (Å²) in [6.07, 6.45) is -11.9. The van der Waals surface area contributed by atoms with Crippen molar-refractivity contribution in [1.82, 2.24) is 14.8 Å². The Morgan fingerprint density at radius 3 is 1.88 bits per heavy atom. The van der Waals surface area contributed by atoms with E-state index in [4.69, 9.17) is 0 Å². The maximum Gasteiger partial charge on any atom is 0.430 e. The molecule has 0 amide bonds. The summed E-state index contributed by atoms with van der Waals surface area (Å²) in [4.78, 5) is 15.0. The van der Waals surface area contributed by atoms with E-state index in [1.807, 2.05) is 0 Å². The molecule has 5 nitrogen and oxygen atoms in total. The van der Waals surface area contributed by atoms with Gasteiger partial charge in [-0.1, -0.05) is 12.1 Å². The zero-order valence-electron chi connectivity index (χ0n) is 12.8. The Hall–Kier alpha value is -2.43. The van der Waals surface area contributed by atoms with Gasteiger partial charge in [-0.15, -0.1) is 0 Å². The molecule has 0 bridgehead atoms. The lowest BCUT2D eigenvalue weighted by molar-refractivity contribution is -0.376. The molecular formula is C14H11F6N3O2. The van der Waals surface area contributed by atoms with Gasteiger partial charge in [-0.05, 0) is 26.0 Å². The number of aromatic nitrogens is 3. The number of aryl methyl sites for hydroxylation is 2. The predicted octanol–water partition coefficient (Wildman–Crippen LogP) is 2.56. The summed E-state index contributed by atoms with van der Waals surface area (Å²) in [7, 11) is 0. The molecule has 2 rings (SSSR count). The van der Waals surface area contributed by atoms with Crippen molar-refractivity contribution in [2.45, 2.75) is 31.8 Å². The number of nitrogens with zero attached hydrogens (tertiary/aromatic N) is 3. The summed E-state index contributed by atoms with van der Waals surface area (Å²) in [6.45, 7) is 2.75. The first-order valence-corrected chi connectivity index (χ1v) is 6.70. The van der Waals surface area contributed by atoms with Crippen molar-refractivity contribution < 1.29 is 31.4 Å². The second-order valence-corrected chi connectivity index (χ2v) is 5.21. The first-order valence-electron chi connectivity index (χ1n) is 6.70. The van der Waals surface area contributed by atoms with Crippen molar-refractivity contribution in [3.8, 4) is 5.69 Å². The van der Waals surface area contributed by atoms with E-state index in [0.29, 0.717) is 12.1 Å². The Morgan fingerprint density at radius 1 is 0.960 bits per heavy atom. The number of alkyl halides is 6. The third-order valence-electron chi connectivity index (χ3n) is 3.48. The van der Waals surface area contributed by atoms with Gasteiger partial charge in [-0.3, -0.25) is 4.79 Å². The summed E-state index contributed by atoms with van der Waals surface area (Å²) in [5.41, 5.74) is -6.92. The lowest BCUT2D eigenvalue weighted by Crippen LogP contribution is -2.53. The third-order valence-corrected chi connectivity index (χ3v) is 3.48. The van der Waals surface area contributed by atoms with E-state index >= 15 is 0 Å². The highest BCUT2D eigenvalue weighted by molar-refractivity contribution is 5.38. The van der Waals surface area contributed by atoms with Crippen LogP contribution in [-0.4, -0.2) is 32.2 Å². The first-order chi connectivity index (χ1) is 11.3. The zero-order chi connectivity index (χ0) is 19.2. The highest BCUT2D eigenvalue weighted by Gasteiger charge is 2.71. The minimum atomic E-state index is -5.96. The number of hydrogen-bond donors (Lipinski definition) is 1. The molecule has 0 atom stereocenters. The van der Waals surface area contributed by atoms with Gasteiger partial charge >= 0.3 is 12.4 Å². The Kier molecular flexibility index (Phi) is 4.41. The van der Waals surface area contributed by atoms with Gasteiger partial charge in [0.1, 0.15) is 11.5 Å². The molecule has 1 N–H and O–H groups in total. The first kappa shape index (κ1) is 18.9. The highest BCUT2D eigenvalue weighted by atomic mass is 19.4. The average Bonchev–Trinajstić information content (AvgIpc) is 2.48. The molecule has 1 aromatic carbocycles. The van der Waals surface area contributed by atoms with E-state index in [1.54, 1.807) is 0 Å². The molecule has 0 spiro atoms. The molecule has 0 saturated heterocycles. The summed E-state index contributed by atoms with van der Waals surface area (Å²) in [6, 6.07) is 2.79. The molecule has 25 heavy (non-hydrogen) atoms. The van der Waals surface area contributed by atoms with Gasteiger partial charge in [0.15, 0.2) is 0 Å². The van der Waals surface area contributed by atoms with Crippen LogP contribution in [0, 0.1) is 13.8 Å². The fraction of sp³-hybridized carbons (Fsp3) is 0.357. The Labute approximate surface area is 136 Å². The van der Waals surface area contributed by atoms with E-state index in [1.165, 1.54) is 13.8 Å². The largest absolute Gasteiger partial charge is 0.430 e. The molecule has 0 aliphatic heterocycles. The van der Waals surface area contributed by atoms with Crippen LogP contribution in [0.1, 0.15) is 17.1 Å². The molecule has 0 aliphatic carbocycles. The normalized spacial score (nSPS) is 13.2. The minimum absolute atomic E-state index is 0.00300. The maximum atomic E-state index is 12.8. The second-order valence-electron chi connectivity index (χ2n) is 5.21. The van der Waals surface area contributed by atoms with Crippen molar-refractivity contribution in [2.24, 2.45) is 0 Å². The second kappa shape index (κ2) is 5.83. The quantitative estimate of drug-likeness (QED) is 0.829. The van der Waals surface area contributed by atoms with Gasteiger partial charge in [-0.25, -0.2) is 4.68 Å². The maximum absolute atomic E-state index is 12.8. The molecular weight excluding hydrogens is 356 g/mol. The molecule has 0 fully saturated rings. The molecule has 1 aromatic heterocycles. The minimum Gasteiger partial charge on any atom is -0.369 e. The highest BCUT2D eigenvalue weighted by Crippen LogP contribution is 2.49. The molecule has 1 heterocycles. The third kappa shape index (κ3) is 3.11. The van der Waals surface area contributed by atoms with E-state index in [0.717, 1.165) is 16.8 Å². The Balaban J connectivity index is 2.57. The monoisotopic (exact) mass is 367 g/mol. The van der Waals surface area contributed by atoms with E-state index < -0.39 is 29.1 Å². The average molecular weight is 367 g/mol. The van der Waals surface area contributed by atoms with Crippen molar-refractivity contribution >= 4 is 0 Å². The summed E-state index contributed by atoms with van der Waals surface area (Å²) in [5.74, 6) is 0.0882. The SMILES string of the molecule is Cc1nn(-c2ccc(C(O)(C(F)(F)F)C(F)(F)F)cc2)c(C)nc1=O. The van der Waals surface area contributed by atoms with Crippen molar-refractivity contribution in [3.63, 3.8) is 0 Å². The molecule has 136 valence electrons. The van der Waals surface area contributed by atoms with Gasteiger partial charge < -0.3 is 5.11 Å². The number of hydrogen-bond acceptors (Lipinski definition) is 4. The molecule has 0 radical (unpaired) electrons. The number of halogens is 6. The van der Waals surface area contributed by atoms with Gasteiger partial charge in [0.25, 0.3) is 11.2 Å². The van der Waals surface area contributed by atoms with Gasteiger partial charge in [0, 0.05) is 5.56 Å². The summed E-state index contributed by atoms with van der Waals surface area (Å²) < 4.78 is 78.1. The van der Waals surface area contributed by atoms with Gasteiger partial charge in [0.2, 0.25) is 0 Å². The van der Waals surface area contributed by atoms with E-state index in [9.17, 15) is 36.2 Å². The van der Waals surface area contributed by atoms with Crippen LogP contribution in [0.2, 0.25) is 0 Å². The van der Waals surface area contributed by atoms with Crippen molar-refractivity contribution in [2.75, 3.05) is 0 Å². The van der Waals surface area contributed by atoms with Crippen LogP contribution in [0.5, 0.6) is 0 Å². The summed E-state index contributed by atoms with van der Waals surface area (Å²) in [5, 5.41) is 13.2. The zero-order valence-corrected chi connectivity index (χ0v) is 12.8. The standard InChI is InChI=1S/C14H11F6N3O2/c1-7-11(24)21-8(2)23(22-7)10-5-3-9(4-6-10)12(25,13(15,16)17)14(18,19)20/h3-6,25H,1-2H3. The number of benzene rings is 1. The van der Waals surface area contributed by atoms with Crippen LogP contribution in [0.25, 0.3) is 5.69 Å². The predicted molar refractivity (Wildman–Crippen MR) is 73.1 cm³/mol. The lowest BCUT2D eigenvalue weighted by Gasteiger charge is -2.32. The number of aliphatic hydroxyl groups is 1. The Morgan fingerprint density at radius 2 is 1.44 bits per heavy atom. The fourth-order valence-corrected chi connectivity index (χ4v) is 2.12. The van der Waals surface area contributed by atoms with Crippen LogP contribution < -0.4 is 5.56 Å². The molecule has 11 heteroatoms. The molecule has 0 unspecified atom stereocenters. The summed E-state index contributed by atoms with van der Waals surface area (Å²) >= 11 is 0. The molecule has 0 saturated carbocycles. The molecule has 2 aromatic rings. The van der Waals surface area contributed by atoms with Gasteiger partial charge in [-0.2, -0.15) is 36.4 Å². The van der Waals surface area contributed by atoms with Crippen molar-refractivity contribution in [1.29, 1.82) is 0 Å². The Bertz CT molecular complexity index is 826. The fourth-order valence-electron chi connectivity index (χ4n) is 2.12. The smallest absolute Gasteiger partial charge is 0.369 e. The van der Waals surface area contributed by atoms with Crippen LogP contribution in [0.4, 0.5) is 26.3 Å². The number of rotatable bonds is 2. The van der Waals surface area contributed by atoms with Crippen LogP contribution in [0.3, 0.4) is 0 Å². The van der Waals surface area contributed by atoms with Crippen LogP contribution in [0.15, 0.2) is 29.1 Å². The van der Waals surface area contributed by atoms with Crippen LogP contribution >= 0.6 is 0 Å². The van der Waals surface area contributed by atoms with Gasteiger partial charge in [0.05, 0.1) is 5.69 Å². The lowest BCUT2D eigenvalue weighted by atomic mass is 9.92.